The number of ketones is 1. The zero-order valence-electron chi connectivity index (χ0n) is 35.6. The summed E-state index contributed by atoms with van der Waals surface area (Å²) in [6.45, 7) is 3.52. The van der Waals surface area contributed by atoms with Gasteiger partial charge in [-0.25, -0.2) is 4.57 Å². The van der Waals surface area contributed by atoms with Gasteiger partial charge in [-0.05, 0) is 63.9 Å². The molecule has 0 rings (SSSR count). The minimum Gasteiger partial charge on any atom is -0.462 e. The molecule has 0 aliphatic rings. The Morgan fingerprint density at radius 3 is 1.59 bits per heavy atom. The molecule has 326 valence electrons. The number of hydrogen-bond donors (Lipinski definition) is 2. The van der Waals surface area contributed by atoms with Crippen molar-refractivity contribution in [1.29, 1.82) is 0 Å². The van der Waals surface area contributed by atoms with E-state index in [4.69, 9.17) is 24.3 Å². The highest BCUT2D eigenvalue weighted by Crippen LogP contribution is 2.43. The number of phosphoric acid groups is 1. The molecule has 10 nitrogen and oxygen atoms in total. The smallest absolute Gasteiger partial charge is 0.462 e. The van der Waals surface area contributed by atoms with Crippen molar-refractivity contribution in [3.8, 4) is 0 Å². The molecule has 0 aliphatic carbocycles. The molecule has 56 heavy (non-hydrogen) atoms. The van der Waals surface area contributed by atoms with E-state index in [1.54, 1.807) is 6.08 Å². The van der Waals surface area contributed by atoms with Crippen LogP contribution in [0.2, 0.25) is 0 Å². The van der Waals surface area contributed by atoms with Crippen LogP contribution in [0.4, 0.5) is 0 Å². The summed E-state index contributed by atoms with van der Waals surface area (Å²) in [6, 6.07) is 0. The van der Waals surface area contributed by atoms with Crippen molar-refractivity contribution in [3.05, 3.63) is 36.5 Å². The summed E-state index contributed by atoms with van der Waals surface area (Å²) in [6.07, 6.45) is 41.5. The minimum atomic E-state index is -4.40. The molecular formula is C45H82NO9P. The van der Waals surface area contributed by atoms with Gasteiger partial charge in [-0.2, -0.15) is 0 Å². The Labute approximate surface area is 341 Å². The summed E-state index contributed by atoms with van der Waals surface area (Å²) in [5.74, 6) is -0.716. The van der Waals surface area contributed by atoms with E-state index in [-0.39, 0.29) is 38.4 Å². The highest BCUT2D eigenvalue weighted by Gasteiger charge is 2.26. The zero-order chi connectivity index (χ0) is 41.2. The molecule has 0 aliphatic heterocycles. The summed E-state index contributed by atoms with van der Waals surface area (Å²) in [7, 11) is -4.40. The number of allylic oxidation sites excluding steroid dienone is 6. The number of unbranched alkanes of at least 4 members (excludes halogenated alkanes) is 22. The van der Waals surface area contributed by atoms with Gasteiger partial charge in [0, 0.05) is 25.8 Å². The lowest BCUT2D eigenvalue weighted by atomic mass is 10.1. The predicted molar refractivity (Wildman–Crippen MR) is 229 cm³/mol. The molecule has 0 spiro atoms. The largest absolute Gasteiger partial charge is 0.472 e. The number of carbonyl (C=O) groups is 3. The van der Waals surface area contributed by atoms with E-state index in [0.29, 0.717) is 12.8 Å². The van der Waals surface area contributed by atoms with Crippen molar-refractivity contribution >= 4 is 25.5 Å². The summed E-state index contributed by atoms with van der Waals surface area (Å²) in [4.78, 5) is 46.6. The van der Waals surface area contributed by atoms with Crippen LogP contribution in [-0.2, 0) is 37.5 Å². The number of esters is 2. The normalized spacial score (nSPS) is 13.5. The lowest BCUT2D eigenvalue weighted by molar-refractivity contribution is -0.161. The van der Waals surface area contributed by atoms with Gasteiger partial charge in [0.05, 0.1) is 13.2 Å². The Balaban J connectivity index is 4.17. The van der Waals surface area contributed by atoms with E-state index < -0.39 is 32.5 Å². The van der Waals surface area contributed by atoms with Crippen molar-refractivity contribution < 1.29 is 42.4 Å². The maximum absolute atomic E-state index is 12.6. The van der Waals surface area contributed by atoms with E-state index in [0.717, 1.165) is 77.0 Å². The van der Waals surface area contributed by atoms with Crippen molar-refractivity contribution in [2.45, 2.75) is 206 Å². The Morgan fingerprint density at radius 2 is 1.04 bits per heavy atom. The van der Waals surface area contributed by atoms with Gasteiger partial charge in [0.2, 0.25) is 0 Å². The second kappa shape index (κ2) is 41.1. The van der Waals surface area contributed by atoms with Gasteiger partial charge < -0.3 is 20.1 Å². The third-order valence-corrected chi connectivity index (χ3v) is 10.5. The van der Waals surface area contributed by atoms with Gasteiger partial charge >= 0.3 is 19.8 Å². The van der Waals surface area contributed by atoms with Crippen molar-refractivity contribution in [2.75, 3.05) is 26.4 Å². The number of rotatable bonds is 42. The number of ether oxygens (including phenoxy) is 2. The molecule has 0 saturated carbocycles. The molecule has 0 aromatic heterocycles. The molecule has 0 heterocycles. The first kappa shape index (κ1) is 53.9. The summed E-state index contributed by atoms with van der Waals surface area (Å²) >= 11 is 0. The molecule has 0 bridgehead atoms. The molecule has 1 unspecified atom stereocenters. The Bertz CT molecular complexity index is 1080. The molecule has 0 radical (unpaired) electrons. The number of hydrogen-bond acceptors (Lipinski definition) is 9. The maximum Gasteiger partial charge on any atom is 0.472 e. The molecule has 0 saturated heterocycles. The van der Waals surface area contributed by atoms with Gasteiger partial charge in [0.15, 0.2) is 11.9 Å². The Kier molecular flexibility index (Phi) is 39.5. The van der Waals surface area contributed by atoms with Crippen LogP contribution in [0.15, 0.2) is 36.5 Å². The van der Waals surface area contributed by atoms with Crippen LogP contribution in [0.3, 0.4) is 0 Å². The van der Waals surface area contributed by atoms with Gasteiger partial charge in [0.25, 0.3) is 0 Å². The molecule has 0 aromatic rings. The second-order valence-electron chi connectivity index (χ2n) is 14.9. The summed E-state index contributed by atoms with van der Waals surface area (Å²) < 4.78 is 32.7. The fourth-order valence-corrected chi connectivity index (χ4v) is 6.85. The first-order valence-corrected chi connectivity index (χ1v) is 23.9. The molecule has 0 amide bonds. The monoisotopic (exact) mass is 812 g/mol. The van der Waals surface area contributed by atoms with Crippen LogP contribution in [0, 0.1) is 0 Å². The van der Waals surface area contributed by atoms with Gasteiger partial charge in [0.1, 0.15) is 6.61 Å². The summed E-state index contributed by atoms with van der Waals surface area (Å²) in [5.41, 5.74) is 5.34. The Morgan fingerprint density at radius 1 is 0.571 bits per heavy atom. The van der Waals surface area contributed by atoms with Crippen molar-refractivity contribution in [1.82, 2.24) is 0 Å². The van der Waals surface area contributed by atoms with Gasteiger partial charge in [-0.15, -0.1) is 0 Å². The van der Waals surface area contributed by atoms with E-state index >= 15 is 0 Å². The number of nitrogens with two attached hydrogens (primary N) is 1. The van der Waals surface area contributed by atoms with Crippen LogP contribution in [0.5, 0.6) is 0 Å². The standard InChI is InChI=1S/C45H82NO9P/c1-3-5-7-8-9-10-11-12-13-14-15-16-17-18-19-22-25-28-32-36-44(48)52-40-43(41-54-56(50,51)53-39-38-46)55-45(49)37-33-29-26-23-20-21-24-27-31-35-42(47)34-30-6-4-2/h12-13,24,27,31,35,43H,3-11,14-23,25-26,28-30,32-34,36-41,46H2,1-2H3,(H,50,51)/b13-12-,27-24-,35-31+/t43-/m1/s1. The highest BCUT2D eigenvalue weighted by molar-refractivity contribution is 7.47. The molecule has 3 N–H and O–H groups in total. The summed E-state index contributed by atoms with van der Waals surface area (Å²) in [5, 5.41) is 0. The number of carbonyl (C=O) groups excluding carboxylic acids is 3. The van der Waals surface area contributed by atoms with Gasteiger partial charge in [-0.3, -0.25) is 23.4 Å². The SMILES string of the molecule is CCCCCCCC/C=C\CCCCCCCCCCCC(=O)OC[C@H](COP(=O)(O)OCCN)OC(=O)CCCCCCC/C=C\C=C\C(=O)CCCCC. The lowest BCUT2D eigenvalue weighted by Crippen LogP contribution is -2.29. The Hall–Kier alpha value is -2.10. The quantitative estimate of drug-likeness (QED) is 0.0152. The van der Waals surface area contributed by atoms with E-state index in [2.05, 4.69) is 32.1 Å². The third kappa shape index (κ3) is 40.1. The predicted octanol–water partition coefficient (Wildman–Crippen LogP) is 12.1. The molecule has 11 heteroatoms. The average Bonchev–Trinajstić information content (AvgIpc) is 3.18. The lowest BCUT2D eigenvalue weighted by Gasteiger charge is -2.19. The highest BCUT2D eigenvalue weighted by atomic mass is 31.2. The van der Waals surface area contributed by atoms with Crippen LogP contribution in [0.1, 0.15) is 200 Å². The number of phosphoric ester groups is 1. The van der Waals surface area contributed by atoms with E-state index in [1.165, 1.54) is 83.5 Å². The zero-order valence-corrected chi connectivity index (χ0v) is 36.5. The van der Waals surface area contributed by atoms with E-state index in [9.17, 15) is 23.8 Å². The second-order valence-corrected chi connectivity index (χ2v) is 16.4. The molecule has 0 fully saturated rings. The van der Waals surface area contributed by atoms with Crippen LogP contribution < -0.4 is 5.73 Å². The third-order valence-electron chi connectivity index (χ3n) is 9.47. The molecule has 2 atom stereocenters. The maximum atomic E-state index is 12.6. The van der Waals surface area contributed by atoms with Crippen LogP contribution in [0.25, 0.3) is 0 Å². The van der Waals surface area contributed by atoms with Crippen molar-refractivity contribution in [3.63, 3.8) is 0 Å². The molecule has 0 aromatic carbocycles. The fraction of sp³-hybridized carbons (Fsp3) is 0.800. The van der Waals surface area contributed by atoms with Crippen LogP contribution >= 0.6 is 7.82 Å². The topological polar surface area (TPSA) is 151 Å². The van der Waals surface area contributed by atoms with E-state index in [1.807, 2.05) is 12.2 Å². The average molecular weight is 812 g/mol. The minimum absolute atomic E-state index is 0.0386. The van der Waals surface area contributed by atoms with Crippen molar-refractivity contribution in [2.24, 2.45) is 5.73 Å². The van der Waals surface area contributed by atoms with Crippen LogP contribution in [-0.4, -0.2) is 55.1 Å². The first-order chi connectivity index (χ1) is 27.2. The van der Waals surface area contributed by atoms with Gasteiger partial charge in [-0.1, -0.05) is 153 Å². The fourth-order valence-electron chi connectivity index (χ4n) is 6.08. The first-order valence-electron chi connectivity index (χ1n) is 22.4. The molecular weight excluding hydrogens is 729 g/mol.